The standard InChI is InChI=1S/C19H19BF3NO7S/c20-9-14-8-13(17(25)31-16(19(21,22)23)11-32(27,28)29)6-7-15(14)24-18(26)30-10-12-4-2-1-3-5-12/h1-8,16H,9-11,20H2,(H,24,26)(H,27,28,29). The van der Waals surface area contributed by atoms with E-state index in [1.165, 1.54) is 12.1 Å². The predicted octanol–water partition coefficient (Wildman–Crippen LogP) is 2.54. The van der Waals surface area contributed by atoms with Gasteiger partial charge in [0.1, 0.15) is 20.2 Å². The van der Waals surface area contributed by atoms with Crippen LogP contribution < -0.4 is 5.32 Å². The second-order valence-electron chi connectivity index (χ2n) is 6.60. The van der Waals surface area contributed by atoms with E-state index in [0.717, 1.165) is 11.6 Å². The fourth-order valence-corrected chi connectivity index (χ4v) is 3.23. The Morgan fingerprint density at radius 1 is 1.12 bits per heavy atom. The molecule has 1 unspecified atom stereocenters. The molecule has 0 heterocycles. The Morgan fingerprint density at radius 3 is 2.34 bits per heavy atom. The predicted molar refractivity (Wildman–Crippen MR) is 111 cm³/mol. The van der Waals surface area contributed by atoms with Gasteiger partial charge in [0.2, 0.25) is 6.10 Å². The molecule has 0 saturated heterocycles. The van der Waals surface area contributed by atoms with Gasteiger partial charge in [0.25, 0.3) is 10.1 Å². The fourth-order valence-electron chi connectivity index (χ4n) is 2.59. The third-order valence-electron chi connectivity index (χ3n) is 4.15. The summed E-state index contributed by atoms with van der Waals surface area (Å²) in [6.45, 7) is 0.0190. The highest BCUT2D eigenvalue weighted by atomic mass is 32.2. The molecule has 0 aliphatic carbocycles. The number of ether oxygens (including phenoxy) is 2. The number of amides is 1. The van der Waals surface area contributed by atoms with Crippen LogP contribution in [0.3, 0.4) is 0 Å². The van der Waals surface area contributed by atoms with E-state index < -0.39 is 40.2 Å². The quantitative estimate of drug-likeness (QED) is 0.344. The molecule has 0 radical (unpaired) electrons. The molecule has 1 atom stereocenters. The van der Waals surface area contributed by atoms with Gasteiger partial charge in [-0.25, -0.2) is 9.59 Å². The molecule has 0 aliphatic heterocycles. The minimum absolute atomic E-state index is 0.0190. The monoisotopic (exact) mass is 473 g/mol. The Labute approximate surface area is 182 Å². The lowest BCUT2D eigenvalue weighted by Gasteiger charge is -2.20. The molecule has 2 aromatic rings. The minimum atomic E-state index is -5.21. The van der Waals surface area contributed by atoms with Crippen LogP contribution in [0.25, 0.3) is 0 Å². The van der Waals surface area contributed by atoms with Crippen LogP contribution in [0.5, 0.6) is 0 Å². The van der Waals surface area contributed by atoms with Crippen LogP contribution >= 0.6 is 0 Å². The average molecular weight is 473 g/mol. The molecule has 2 rings (SSSR count). The highest BCUT2D eigenvalue weighted by Crippen LogP contribution is 2.26. The fraction of sp³-hybridized carbons (Fsp3) is 0.263. The van der Waals surface area contributed by atoms with Crippen molar-refractivity contribution in [3.8, 4) is 0 Å². The van der Waals surface area contributed by atoms with E-state index in [4.69, 9.17) is 9.29 Å². The molecule has 0 bridgehead atoms. The lowest BCUT2D eigenvalue weighted by Crippen LogP contribution is -2.39. The number of carbonyl (C=O) groups is 2. The van der Waals surface area contributed by atoms with E-state index in [1.807, 2.05) is 6.07 Å². The maximum absolute atomic E-state index is 13.0. The van der Waals surface area contributed by atoms with Crippen LogP contribution in [0.4, 0.5) is 23.7 Å². The van der Waals surface area contributed by atoms with E-state index in [0.29, 0.717) is 11.9 Å². The first-order chi connectivity index (χ1) is 14.9. The van der Waals surface area contributed by atoms with Gasteiger partial charge in [0.15, 0.2) is 0 Å². The molecule has 0 aromatic heterocycles. The molecule has 0 saturated carbocycles. The number of anilines is 1. The van der Waals surface area contributed by atoms with Gasteiger partial charge in [-0.3, -0.25) is 9.87 Å². The van der Waals surface area contributed by atoms with Crippen molar-refractivity contribution in [2.75, 3.05) is 11.1 Å². The molecule has 2 N–H and O–H groups in total. The van der Waals surface area contributed by atoms with Gasteiger partial charge in [0.05, 0.1) is 5.56 Å². The van der Waals surface area contributed by atoms with E-state index in [1.54, 1.807) is 32.1 Å². The molecule has 0 spiro atoms. The molecule has 13 heteroatoms. The first-order valence-electron chi connectivity index (χ1n) is 9.22. The summed E-state index contributed by atoms with van der Waals surface area (Å²) in [4.78, 5) is 24.2. The molecule has 0 fully saturated rings. The molecule has 1 amide bonds. The normalized spacial score (nSPS) is 12.6. The Kier molecular flexibility index (Phi) is 8.28. The number of hydrogen-bond donors (Lipinski definition) is 2. The Morgan fingerprint density at radius 2 is 1.78 bits per heavy atom. The van der Waals surface area contributed by atoms with Crippen LogP contribution in [0.2, 0.25) is 0 Å². The van der Waals surface area contributed by atoms with Crippen molar-refractivity contribution in [2.24, 2.45) is 0 Å². The van der Waals surface area contributed by atoms with Crippen LogP contribution in [-0.2, 0) is 32.5 Å². The maximum Gasteiger partial charge on any atom is 0.426 e. The first-order valence-corrected chi connectivity index (χ1v) is 10.8. The van der Waals surface area contributed by atoms with E-state index in [2.05, 4.69) is 10.1 Å². The van der Waals surface area contributed by atoms with E-state index in [9.17, 15) is 31.2 Å². The van der Waals surface area contributed by atoms with Crippen molar-refractivity contribution in [1.29, 1.82) is 0 Å². The van der Waals surface area contributed by atoms with Gasteiger partial charge < -0.3 is 9.47 Å². The summed E-state index contributed by atoms with van der Waals surface area (Å²) in [6.07, 6.45) is -8.73. The van der Waals surface area contributed by atoms with E-state index >= 15 is 0 Å². The Bertz CT molecular complexity index is 1060. The van der Waals surface area contributed by atoms with Crippen molar-refractivity contribution >= 4 is 35.7 Å². The number of nitrogens with one attached hydrogen (secondary N) is 1. The van der Waals surface area contributed by atoms with Crippen molar-refractivity contribution in [3.05, 3.63) is 65.2 Å². The highest BCUT2D eigenvalue weighted by Gasteiger charge is 2.45. The summed E-state index contributed by atoms with van der Waals surface area (Å²) >= 11 is 0. The number of alkyl halides is 3. The van der Waals surface area contributed by atoms with Crippen LogP contribution in [0.15, 0.2) is 48.5 Å². The van der Waals surface area contributed by atoms with Crippen LogP contribution in [-0.4, -0.2) is 50.9 Å². The molecule has 8 nitrogen and oxygen atoms in total. The Hall–Kier alpha value is -3.06. The number of esters is 1. The molecule has 0 aliphatic rings. The summed E-state index contributed by atoms with van der Waals surface area (Å²) in [5.74, 6) is -3.26. The highest BCUT2D eigenvalue weighted by molar-refractivity contribution is 7.85. The SMILES string of the molecule is BCc1cc(C(=O)OC(CS(=O)(=O)O)C(F)(F)F)ccc1NC(=O)OCc1ccccc1. The number of carbonyl (C=O) groups excluding carboxylic acids is 2. The minimum Gasteiger partial charge on any atom is -0.448 e. The average Bonchev–Trinajstić information content (AvgIpc) is 2.71. The van der Waals surface area contributed by atoms with Crippen molar-refractivity contribution < 1.29 is 45.2 Å². The summed E-state index contributed by atoms with van der Waals surface area (Å²) in [5.41, 5.74) is 1.14. The van der Waals surface area contributed by atoms with Gasteiger partial charge >= 0.3 is 18.2 Å². The summed E-state index contributed by atoms with van der Waals surface area (Å²) < 4.78 is 78.6. The maximum atomic E-state index is 13.0. The summed E-state index contributed by atoms with van der Waals surface area (Å²) in [7, 11) is -3.37. The van der Waals surface area contributed by atoms with Gasteiger partial charge in [-0.15, -0.1) is 0 Å². The van der Waals surface area contributed by atoms with Crippen LogP contribution in [0.1, 0.15) is 21.5 Å². The Balaban J connectivity index is 2.09. The number of benzene rings is 2. The number of halogens is 3. The topological polar surface area (TPSA) is 119 Å². The lowest BCUT2D eigenvalue weighted by molar-refractivity contribution is -0.197. The second kappa shape index (κ2) is 10.5. The van der Waals surface area contributed by atoms with Gasteiger partial charge in [-0.05, 0) is 29.3 Å². The number of rotatable bonds is 8. The van der Waals surface area contributed by atoms with Crippen molar-refractivity contribution in [3.63, 3.8) is 0 Å². The van der Waals surface area contributed by atoms with Crippen molar-refractivity contribution in [1.82, 2.24) is 0 Å². The summed E-state index contributed by atoms with van der Waals surface area (Å²) in [5, 5.41) is 2.49. The van der Waals surface area contributed by atoms with Gasteiger partial charge in [0, 0.05) is 5.69 Å². The van der Waals surface area contributed by atoms with Crippen LogP contribution in [0, 0.1) is 0 Å². The lowest BCUT2D eigenvalue weighted by atomic mass is 9.94. The molecule has 2 aromatic carbocycles. The van der Waals surface area contributed by atoms with Crippen molar-refractivity contribution in [2.45, 2.75) is 25.2 Å². The molecular weight excluding hydrogens is 454 g/mol. The summed E-state index contributed by atoms with van der Waals surface area (Å²) in [6, 6.07) is 12.5. The van der Waals surface area contributed by atoms with Gasteiger partial charge in [-0.1, -0.05) is 36.7 Å². The van der Waals surface area contributed by atoms with Gasteiger partial charge in [-0.2, -0.15) is 21.6 Å². The largest absolute Gasteiger partial charge is 0.448 e. The molecule has 172 valence electrons. The number of hydrogen-bond acceptors (Lipinski definition) is 6. The molecular formula is C19H19BF3NO7S. The zero-order chi connectivity index (χ0) is 23.9. The van der Waals surface area contributed by atoms with E-state index in [-0.39, 0.29) is 17.9 Å². The third-order valence-corrected chi connectivity index (χ3v) is 4.87. The zero-order valence-electron chi connectivity index (χ0n) is 16.8. The first kappa shape index (κ1) is 25.2. The zero-order valence-corrected chi connectivity index (χ0v) is 17.6. The molecule has 32 heavy (non-hydrogen) atoms. The smallest absolute Gasteiger partial charge is 0.426 e. The second-order valence-corrected chi connectivity index (χ2v) is 8.09. The third kappa shape index (κ3) is 7.89.